The highest BCUT2D eigenvalue weighted by molar-refractivity contribution is 7.89. The summed E-state index contributed by atoms with van der Waals surface area (Å²) in [6, 6.07) is 10.6. The van der Waals surface area contributed by atoms with Crippen molar-refractivity contribution < 1.29 is 22.3 Å². The van der Waals surface area contributed by atoms with Crippen molar-refractivity contribution in [1.29, 1.82) is 0 Å². The highest BCUT2D eigenvalue weighted by Crippen LogP contribution is 2.20. The predicted molar refractivity (Wildman–Crippen MR) is 106 cm³/mol. The summed E-state index contributed by atoms with van der Waals surface area (Å²) in [4.78, 5) is 12.3. The van der Waals surface area contributed by atoms with Crippen LogP contribution in [0.1, 0.15) is 25.8 Å². The number of carbonyl (C=O) groups is 1. The van der Waals surface area contributed by atoms with E-state index in [1.54, 1.807) is 32.0 Å². The van der Waals surface area contributed by atoms with Crippen molar-refractivity contribution in [3.05, 3.63) is 53.8 Å². The zero-order chi connectivity index (χ0) is 20.7. The lowest BCUT2D eigenvalue weighted by molar-refractivity contribution is -0.116. The van der Waals surface area contributed by atoms with Gasteiger partial charge in [0.1, 0.15) is 0 Å². The number of carbonyl (C=O) groups excluding carboxylic acids is 1. The van der Waals surface area contributed by atoms with E-state index in [1.165, 1.54) is 35.7 Å². The molecule has 0 atom stereocenters. The summed E-state index contributed by atoms with van der Waals surface area (Å²) in [5.41, 5.74) is 1.19. The van der Waals surface area contributed by atoms with Crippen molar-refractivity contribution in [2.75, 3.05) is 25.5 Å². The van der Waals surface area contributed by atoms with Crippen LogP contribution in [0.25, 0.3) is 0 Å². The fourth-order valence-electron chi connectivity index (χ4n) is 2.77. The zero-order valence-corrected chi connectivity index (χ0v) is 17.1. The molecule has 0 aliphatic heterocycles. The van der Waals surface area contributed by atoms with Crippen molar-refractivity contribution in [2.45, 2.75) is 31.6 Å². The summed E-state index contributed by atoms with van der Waals surface area (Å²) in [6.07, 6.45) is 0.548. The summed E-state index contributed by atoms with van der Waals surface area (Å²) >= 11 is 0. The van der Waals surface area contributed by atoms with Gasteiger partial charge in [0.15, 0.2) is 11.6 Å². The van der Waals surface area contributed by atoms with Gasteiger partial charge in [-0.2, -0.15) is 4.31 Å². The third kappa shape index (κ3) is 5.30. The quantitative estimate of drug-likeness (QED) is 0.690. The summed E-state index contributed by atoms with van der Waals surface area (Å²) in [5.74, 6) is -0.547. The molecule has 6 nitrogen and oxygen atoms in total. The van der Waals surface area contributed by atoms with Crippen molar-refractivity contribution in [1.82, 2.24) is 4.31 Å². The van der Waals surface area contributed by atoms with E-state index in [4.69, 9.17) is 4.74 Å². The van der Waals surface area contributed by atoms with E-state index < -0.39 is 15.8 Å². The summed E-state index contributed by atoms with van der Waals surface area (Å²) in [6.45, 7) is 4.35. The Labute approximate surface area is 165 Å². The minimum atomic E-state index is -3.53. The number of sulfonamides is 1. The molecule has 0 aromatic heterocycles. The molecule has 1 N–H and O–H groups in total. The predicted octanol–water partition coefficient (Wildman–Crippen LogP) is 3.44. The summed E-state index contributed by atoms with van der Waals surface area (Å²) in [7, 11) is -2.13. The zero-order valence-electron chi connectivity index (χ0n) is 16.2. The number of nitrogens with zero attached hydrogens (tertiary/aromatic N) is 1. The van der Waals surface area contributed by atoms with Crippen molar-refractivity contribution in [3.8, 4) is 5.75 Å². The Bertz CT molecular complexity index is 910. The Hall–Kier alpha value is -2.45. The van der Waals surface area contributed by atoms with E-state index >= 15 is 0 Å². The molecule has 2 aromatic rings. The van der Waals surface area contributed by atoms with E-state index in [-0.39, 0.29) is 23.0 Å². The minimum Gasteiger partial charge on any atom is -0.494 e. The first-order valence-corrected chi connectivity index (χ1v) is 10.5. The Kier molecular flexibility index (Phi) is 7.53. The first-order chi connectivity index (χ1) is 13.3. The average Bonchev–Trinajstić information content (AvgIpc) is 2.67. The molecular weight excluding hydrogens is 383 g/mol. The van der Waals surface area contributed by atoms with Gasteiger partial charge in [0.05, 0.1) is 12.0 Å². The van der Waals surface area contributed by atoms with Gasteiger partial charge in [-0.3, -0.25) is 4.79 Å². The SMILES string of the molecule is CCN(CC)S(=O)(=O)c1ccc(NC(=O)CCc2ccc(OC)c(F)c2)cc1. The van der Waals surface area contributed by atoms with E-state index in [2.05, 4.69) is 5.32 Å². The highest BCUT2D eigenvalue weighted by Gasteiger charge is 2.21. The number of amides is 1. The van der Waals surface area contributed by atoms with E-state index in [9.17, 15) is 17.6 Å². The number of ether oxygens (including phenoxy) is 1. The first kappa shape index (κ1) is 21.8. The Morgan fingerprint density at radius 2 is 1.75 bits per heavy atom. The molecule has 0 unspecified atom stereocenters. The van der Waals surface area contributed by atoms with Crippen LogP contribution in [0.2, 0.25) is 0 Å². The van der Waals surface area contributed by atoms with E-state index in [0.717, 1.165) is 0 Å². The Morgan fingerprint density at radius 1 is 1.11 bits per heavy atom. The number of halogens is 1. The second kappa shape index (κ2) is 9.66. The fourth-order valence-corrected chi connectivity index (χ4v) is 4.23. The summed E-state index contributed by atoms with van der Waals surface area (Å²) in [5, 5.41) is 2.72. The molecule has 0 aliphatic carbocycles. The number of hydrogen-bond acceptors (Lipinski definition) is 4. The number of benzene rings is 2. The Morgan fingerprint density at radius 3 is 2.29 bits per heavy atom. The molecule has 0 saturated carbocycles. The van der Waals surface area contributed by atoms with Crippen molar-refractivity contribution in [2.24, 2.45) is 0 Å². The molecule has 0 heterocycles. The largest absolute Gasteiger partial charge is 0.494 e. The molecule has 0 radical (unpaired) electrons. The molecule has 0 saturated heterocycles. The lowest BCUT2D eigenvalue weighted by Gasteiger charge is -2.18. The van der Waals surface area contributed by atoms with Crippen LogP contribution in [0.3, 0.4) is 0 Å². The number of rotatable bonds is 9. The molecule has 1 amide bonds. The van der Waals surface area contributed by atoms with Gasteiger partial charge >= 0.3 is 0 Å². The van der Waals surface area contributed by atoms with Gasteiger partial charge in [0.2, 0.25) is 15.9 Å². The number of methoxy groups -OCH3 is 1. The Balaban J connectivity index is 1.96. The maximum atomic E-state index is 13.7. The van der Waals surface area contributed by atoms with E-state index in [0.29, 0.717) is 30.8 Å². The first-order valence-electron chi connectivity index (χ1n) is 9.04. The van der Waals surface area contributed by atoms with Crippen LogP contribution in [-0.4, -0.2) is 38.8 Å². The number of nitrogens with one attached hydrogen (secondary N) is 1. The molecule has 8 heteroatoms. The molecular formula is C20H25FN2O4S. The molecule has 2 aromatic carbocycles. The average molecular weight is 408 g/mol. The molecule has 0 fully saturated rings. The second-order valence-corrected chi connectivity index (χ2v) is 8.07. The molecule has 0 aliphatic rings. The topological polar surface area (TPSA) is 75.7 Å². The number of aryl methyl sites for hydroxylation is 1. The van der Waals surface area contributed by atoms with Gasteiger partial charge in [-0.1, -0.05) is 19.9 Å². The maximum absolute atomic E-state index is 13.7. The van der Waals surface area contributed by atoms with Crippen LogP contribution < -0.4 is 10.1 Å². The highest BCUT2D eigenvalue weighted by atomic mass is 32.2. The fraction of sp³-hybridized carbons (Fsp3) is 0.350. The van der Waals surface area contributed by atoms with Crippen LogP contribution in [0.4, 0.5) is 10.1 Å². The van der Waals surface area contributed by atoms with Crippen LogP contribution in [-0.2, 0) is 21.2 Å². The smallest absolute Gasteiger partial charge is 0.243 e. The molecule has 152 valence electrons. The number of hydrogen-bond donors (Lipinski definition) is 1. The standard InChI is InChI=1S/C20H25FN2O4S/c1-4-23(5-2)28(25,26)17-10-8-16(9-11-17)22-20(24)13-7-15-6-12-19(27-3)18(21)14-15/h6,8-12,14H,4-5,7,13H2,1-3H3,(H,22,24). The molecule has 0 spiro atoms. The normalized spacial score (nSPS) is 11.5. The van der Waals surface area contributed by atoms with Crippen molar-refractivity contribution in [3.63, 3.8) is 0 Å². The van der Waals surface area contributed by atoms with E-state index in [1.807, 2.05) is 0 Å². The molecule has 0 bridgehead atoms. The number of anilines is 1. The third-order valence-electron chi connectivity index (χ3n) is 4.34. The lowest BCUT2D eigenvalue weighted by atomic mass is 10.1. The lowest BCUT2D eigenvalue weighted by Crippen LogP contribution is -2.30. The van der Waals surface area contributed by atoms with Gasteiger partial charge in [-0.25, -0.2) is 12.8 Å². The maximum Gasteiger partial charge on any atom is 0.243 e. The molecule has 28 heavy (non-hydrogen) atoms. The minimum absolute atomic E-state index is 0.160. The summed E-state index contributed by atoms with van der Waals surface area (Å²) < 4.78 is 44.8. The van der Waals surface area contributed by atoms with Crippen LogP contribution in [0.5, 0.6) is 5.75 Å². The van der Waals surface area contributed by atoms with Gasteiger partial charge < -0.3 is 10.1 Å². The third-order valence-corrected chi connectivity index (χ3v) is 6.40. The van der Waals surface area contributed by atoms with Crippen LogP contribution in [0.15, 0.2) is 47.4 Å². The van der Waals surface area contributed by atoms with Gasteiger partial charge in [-0.05, 0) is 48.4 Å². The monoisotopic (exact) mass is 408 g/mol. The van der Waals surface area contributed by atoms with Gasteiger partial charge in [0, 0.05) is 25.2 Å². The van der Waals surface area contributed by atoms with Crippen LogP contribution >= 0.6 is 0 Å². The van der Waals surface area contributed by atoms with Gasteiger partial charge in [0.25, 0.3) is 0 Å². The molecule has 2 rings (SSSR count). The second-order valence-electron chi connectivity index (χ2n) is 6.13. The van der Waals surface area contributed by atoms with Gasteiger partial charge in [-0.15, -0.1) is 0 Å². The van der Waals surface area contributed by atoms with Crippen molar-refractivity contribution >= 4 is 21.6 Å². The van der Waals surface area contributed by atoms with Crippen LogP contribution in [0, 0.1) is 5.82 Å².